The van der Waals surface area contributed by atoms with Gasteiger partial charge in [-0.3, -0.25) is 0 Å². The maximum Gasteiger partial charge on any atom is 0.136 e. The van der Waals surface area contributed by atoms with Gasteiger partial charge in [0.05, 0.1) is 6.04 Å². The molecule has 0 rings (SSSR count). The Balaban J connectivity index is 4.28. The van der Waals surface area contributed by atoms with E-state index in [9.17, 15) is 9.66 Å². The van der Waals surface area contributed by atoms with Crippen molar-refractivity contribution in [1.29, 1.82) is 0 Å². The van der Waals surface area contributed by atoms with Crippen molar-refractivity contribution in [3.8, 4) is 0 Å². The van der Waals surface area contributed by atoms with Gasteiger partial charge in [0.25, 0.3) is 0 Å². The molecule has 2 unspecified atom stereocenters. The minimum absolute atomic E-state index is 0.0649. The highest BCUT2D eigenvalue weighted by Gasteiger charge is 2.31. The van der Waals surface area contributed by atoms with Gasteiger partial charge >= 0.3 is 0 Å². The van der Waals surface area contributed by atoms with Gasteiger partial charge in [-0.05, 0) is 33.6 Å². The first kappa shape index (κ1) is 15.2. The Morgan fingerprint density at radius 2 is 1.73 bits per heavy atom. The Labute approximate surface area is 97.0 Å². The van der Waals surface area contributed by atoms with Crippen molar-refractivity contribution < 1.29 is 9.66 Å². The largest absolute Gasteiger partial charge is 0.598 e. The Hall–Kier alpha value is 0.230. The second kappa shape index (κ2) is 6.09. The van der Waals surface area contributed by atoms with Crippen molar-refractivity contribution in [3.63, 3.8) is 0 Å². The van der Waals surface area contributed by atoms with Crippen LogP contribution in [0.5, 0.6) is 0 Å². The number of hydrogen-bond donors (Lipinski definition) is 2. The normalized spacial score (nSPS) is 19.0. The molecule has 0 aliphatic heterocycles. The van der Waals surface area contributed by atoms with Gasteiger partial charge in [0, 0.05) is 23.9 Å². The van der Waals surface area contributed by atoms with Crippen LogP contribution in [0, 0.1) is 11.8 Å². The van der Waals surface area contributed by atoms with Crippen LogP contribution in [0.1, 0.15) is 41.5 Å². The van der Waals surface area contributed by atoms with Crippen molar-refractivity contribution >= 4 is 11.4 Å². The number of nitrogens with one attached hydrogen (secondary N) is 1. The smallest absolute Gasteiger partial charge is 0.136 e. The molecule has 0 saturated carbocycles. The summed E-state index contributed by atoms with van der Waals surface area (Å²) in [6, 6.07) is 0.0649. The predicted octanol–water partition coefficient (Wildman–Crippen LogP) is 1.69. The van der Waals surface area contributed by atoms with Gasteiger partial charge in [-0.2, -0.15) is 0 Å². The molecule has 4 heteroatoms. The summed E-state index contributed by atoms with van der Waals surface area (Å²) in [5, 5.41) is 9.24. The van der Waals surface area contributed by atoms with Crippen LogP contribution >= 0.6 is 0 Å². The molecule has 0 amide bonds. The van der Waals surface area contributed by atoms with E-state index in [1.807, 2.05) is 27.7 Å². The maximum atomic E-state index is 11.8. The van der Waals surface area contributed by atoms with Crippen molar-refractivity contribution in [2.75, 3.05) is 6.61 Å². The summed E-state index contributed by atoms with van der Waals surface area (Å²) in [7, 11) is 0. The van der Waals surface area contributed by atoms with E-state index in [1.165, 1.54) is 0 Å². The number of aliphatic hydroxyl groups excluding tert-OH is 1. The standard InChI is InChI=1S/C11H25NO2S/c1-8(2)10(7-13)9(3)12-15(14)11(4,5)6/h8-10,12-13H,7H2,1-6H3/t9-,10?,15?/m1/s1. The zero-order valence-corrected chi connectivity index (χ0v) is 11.5. The lowest BCUT2D eigenvalue weighted by molar-refractivity contribution is 0.165. The van der Waals surface area contributed by atoms with Crippen molar-refractivity contribution in [2.24, 2.45) is 11.8 Å². The van der Waals surface area contributed by atoms with Crippen molar-refractivity contribution in [1.82, 2.24) is 4.72 Å². The molecule has 92 valence electrons. The Morgan fingerprint density at radius 1 is 1.27 bits per heavy atom. The highest BCUT2D eigenvalue weighted by Crippen LogP contribution is 2.19. The molecule has 0 aromatic rings. The van der Waals surface area contributed by atoms with E-state index in [1.54, 1.807) is 0 Å². The minimum Gasteiger partial charge on any atom is -0.598 e. The van der Waals surface area contributed by atoms with Gasteiger partial charge in [-0.15, -0.1) is 4.72 Å². The second-order valence-electron chi connectivity index (χ2n) is 5.38. The van der Waals surface area contributed by atoms with E-state index in [0.717, 1.165) is 0 Å². The fourth-order valence-corrected chi connectivity index (χ4v) is 2.25. The molecule has 3 atom stereocenters. The summed E-state index contributed by atoms with van der Waals surface area (Å²) in [5.74, 6) is 0.533. The Morgan fingerprint density at radius 3 is 2.00 bits per heavy atom. The van der Waals surface area contributed by atoms with E-state index < -0.39 is 11.4 Å². The summed E-state index contributed by atoms with van der Waals surface area (Å²) >= 11 is -1.07. The Kier molecular flexibility index (Phi) is 6.18. The maximum absolute atomic E-state index is 11.8. The van der Waals surface area contributed by atoms with Crippen LogP contribution in [0.3, 0.4) is 0 Å². The third-order valence-corrected chi connectivity index (χ3v) is 4.26. The van der Waals surface area contributed by atoms with Crippen LogP contribution in [0.25, 0.3) is 0 Å². The summed E-state index contributed by atoms with van der Waals surface area (Å²) in [6.07, 6.45) is 0. The molecule has 2 N–H and O–H groups in total. The second-order valence-corrected chi connectivity index (χ2v) is 7.38. The molecule has 0 saturated heterocycles. The molecule has 15 heavy (non-hydrogen) atoms. The van der Waals surface area contributed by atoms with Crippen molar-refractivity contribution in [3.05, 3.63) is 0 Å². The molecule has 3 nitrogen and oxygen atoms in total. The molecule has 0 heterocycles. The molecular formula is C11H25NO2S. The van der Waals surface area contributed by atoms with Gasteiger partial charge in [-0.25, -0.2) is 0 Å². The number of rotatable bonds is 5. The average molecular weight is 235 g/mol. The SMILES string of the molecule is CC(C)C(CO)[C@@H](C)N[S+]([O-])C(C)(C)C. The van der Waals surface area contributed by atoms with Gasteiger partial charge in [-0.1, -0.05) is 13.8 Å². The summed E-state index contributed by atoms with van der Waals surface area (Å²) in [4.78, 5) is 0. The molecule has 0 radical (unpaired) electrons. The third-order valence-electron chi connectivity index (χ3n) is 2.56. The third kappa shape index (κ3) is 5.20. The monoisotopic (exact) mass is 235 g/mol. The lowest BCUT2D eigenvalue weighted by Gasteiger charge is -2.31. The van der Waals surface area contributed by atoms with Gasteiger partial charge in [0.15, 0.2) is 0 Å². The van der Waals surface area contributed by atoms with Crippen molar-refractivity contribution in [2.45, 2.75) is 52.3 Å². The van der Waals surface area contributed by atoms with Crippen LogP contribution in [-0.2, 0) is 11.4 Å². The van der Waals surface area contributed by atoms with Crippen LogP contribution in [0.4, 0.5) is 0 Å². The van der Waals surface area contributed by atoms with Crippen LogP contribution < -0.4 is 4.72 Å². The van der Waals surface area contributed by atoms with E-state index in [-0.39, 0.29) is 23.3 Å². The molecule has 0 aromatic carbocycles. The zero-order valence-electron chi connectivity index (χ0n) is 10.7. The van der Waals surface area contributed by atoms with E-state index in [0.29, 0.717) is 5.92 Å². The van der Waals surface area contributed by atoms with Gasteiger partial charge in [0.1, 0.15) is 4.75 Å². The van der Waals surface area contributed by atoms with Crippen LogP contribution in [0.15, 0.2) is 0 Å². The minimum atomic E-state index is -1.07. The highest BCUT2D eigenvalue weighted by molar-refractivity contribution is 7.90. The highest BCUT2D eigenvalue weighted by atomic mass is 32.2. The van der Waals surface area contributed by atoms with E-state index in [2.05, 4.69) is 18.6 Å². The summed E-state index contributed by atoms with van der Waals surface area (Å²) in [5.41, 5.74) is 0. The number of hydrogen-bond acceptors (Lipinski definition) is 3. The summed E-state index contributed by atoms with van der Waals surface area (Å²) < 4.78 is 14.6. The van der Waals surface area contributed by atoms with Crippen LogP contribution in [0.2, 0.25) is 0 Å². The zero-order chi connectivity index (χ0) is 12.2. The molecule has 0 fully saturated rings. The number of aliphatic hydroxyl groups is 1. The molecule has 0 aliphatic carbocycles. The fraction of sp³-hybridized carbons (Fsp3) is 1.00. The van der Waals surface area contributed by atoms with Crippen LogP contribution in [-0.4, -0.2) is 27.1 Å². The Bertz CT molecular complexity index is 180. The average Bonchev–Trinajstić information content (AvgIpc) is 2.02. The fourth-order valence-electron chi connectivity index (χ4n) is 1.38. The predicted molar refractivity (Wildman–Crippen MR) is 65.9 cm³/mol. The van der Waals surface area contributed by atoms with Gasteiger partial charge in [0.2, 0.25) is 0 Å². The topological polar surface area (TPSA) is 55.3 Å². The molecule has 0 bridgehead atoms. The molecule has 0 aliphatic rings. The lowest BCUT2D eigenvalue weighted by Crippen LogP contribution is -2.48. The first-order valence-corrected chi connectivity index (χ1v) is 6.64. The summed E-state index contributed by atoms with van der Waals surface area (Å²) in [6.45, 7) is 12.1. The van der Waals surface area contributed by atoms with E-state index >= 15 is 0 Å². The molecular weight excluding hydrogens is 210 g/mol. The first-order chi connectivity index (χ1) is 6.70. The lowest BCUT2D eigenvalue weighted by atomic mass is 9.91. The van der Waals surface area contributed by atoms with E-state index in [4.69, 9.17) is 0 Å². The van der Waals surface area contributed by atoms with Gasteiger partial charge < -0.3 is 9.66 Å². The first-order valence-electron chi connectivity index (χ1n) is 5.49. The quantitative estimate of drug-likeness (QED) is 0.713. The molecule has 0 spiro atoms. The molecule has 0 aromatic heterocycles.